The van der Waals surface area contributed by atoms with Gasteiger partial charge in [-0.25, -0.2) is 9.59 Å². The van der Waals surface area contributed by atoms with Gasteiger partial charge in [-0.15, -0.1) is 0 Å². The molecule has 0 spiro atoms. The second-order valence-electron chi connectivity index (χ2n) is 7.45. The number of carbonyl (C=O) groups is 2. The molecule has 1 atom stereocenters. The lowest BCUT2D eigenvalue weighted by Crippen LogP contribution is -2.25. The molecule has 1 aromatic rings. The van der Waals surface area contributed by atoms with E-state index in [1.165, 1.54) is 0 Å². The van der Waals surface area contributed by atoms with Crippen molar-refractivity contribution in [3.8, 4) is 5.75 Å². The number of unbranched alkanes of at least 4 members (excludes halogenated alkanes) is 3. The Labute approximate surface area is 190 Å². The van der Waals surface area contributed by atoms with Crippen molar-refractivity contribution in [1.82, 2.24) is 5.32 Å². The number of carbonyl (C=O) groups excluding carboxylic acids is 2. The van der Waals surface area contributed by atoms with Crippen molar-refractivity contribution in [2.24, 2.45) is 0 Å². The van der Waals surface area contributed by atoms with Crippen molar-refractivity contribution in [2.45, 2.75) is 59.5 Å². The first-order chi connectivity index (χ1) is 15.1. The molecule has 9 nitrogen and oxygen atoms in total. The summed E-state index contributed by atoms with van der Waals surface area (Å²) in [5, 5.41) is 2.68. The van der Waals surface area contributed by atoms with Gasteiger partial charge >= 0.3 is 19.7 Å². The van der Waals surface area contributed by atoms with E-state index in [2.05, 4.69) is 16.5 Å². The summed E-state index contributed by atoms with van der Waals surface area (Å²) in [6.07, 6.45) is 3.28. The lowest BCUT2D eigenvalue weighted by atomic mass is 10.1. The molecule has 1 aromatic carbocycles. The lowest BCUT2D eigenvalue weighted by molar-refractivity contribution is -0.194. The van der Waals surface area contributed by atoms with Gasteiger partial charge in [-0.05, 0) is 61.9 Å². The molecule has 180 valence electrons. The van der Waals surface area contributed by atoms with Crippen molar-refractivity contribution in [3.63, 3.8) is 0 Å². The van der Waals surface area contributed by atoms with E-state index >= 15 is 0 Å². The number of amides is 1. The minimum atomic E-state index is -3.90. The summed E-state index contributed by atoms with van der Waals surface area (Å²) in [5.41, 5.74) is 2.33. The van der Waals surface area contributed by atoms with Crippen LogP contribution >= 0.6 is 7.60 Å². The molecule has 0 heterocycles. The maximum Gasteiger partial charge on any atom is 0.407 e. The first-order valence-electron chi connectivity index (χ1n) is 10.7. The summed E-state index contributed by atoms with van der Waals surface area (Å²) in [5.74, 6) is 0.0373. The fourth-order valence-electron chi connectivity index (χ4n) is 2.90. The number of aryl methyl sites for hydroxylation is 2. The van der Waals surface area contributed by atoms with Gasteiger partial charge in [-0.1, -0.05) is 19.8 Å². The number of rotatable bonds is 15. The number of hydrogen-bond acceptors (Lipinski definition) is 8. The summed E-state index contributed by atoms with van der Waals surface area (Å²) < 4.78 is 31.2. The minimum Gasteiger partial charge on any atom is -0.740 e. The largest absolute Gasteiger partial charge is 0.740 e. The van der Waals surface area contributed by atoms with Gasteiger partial charge in [0.1, 0.15) is 25.6 Å². The topological polar surface area (TPSA) is 123 Å². The van der Waals surface area contributed by atoms with Crippen LogP contribution in [0.25, 0.3) is 0 Å². The van der Waals surface area contributed by atoms with Crippen LogP contribution in [0.3, 0.4) is 0 Å². The molecule has 1 rings (SSSR count). The number of benzene rings is 1. The van der Waals surface area contributed by atoms with E-state index in [-0.39, 0.29) is 19.8 Å². The average molecular weight is 471 g/mol. The zero-order valence-electron chi connectivity index (χ0n) is 19.1. The van der Waals surface area contributed by atoms with E-state index in [9.17, 15) is 19.0 Å². The number of nitrogens with one attached hydrogen (secondary N) is 1. The first kappa shape index (κ1) is 28.0. The molecule has 1 N–H and O–H groups in total. The normalized spacial score (nSPS) is 12.8. The minimum absolute atomic E-state index is 0.0933. The molecule has 0 bridgehead atoms. The average Bonchev–Trinajstić information content (AvgIpc) is 2.70. The third kappa shape index (κ3) is 12.7. The van der Waals surface area contributed by atoms with Crippen LogP contribution in [0.4, 0.5) is 4.79 Å². The van der Waals surface area contributed by atoms with Gasteiger partial charge in [0.15, 0.2) is 0 Å². The lowest BCUT2D eigenvalue weighted by Gasteiger charge is -2.13. The SMILES string of the molecule is [CH2+]P(=O)([O-])OCCCCCCNC(=O)OCc1cc(C)c(OC(=O)COCCC)c(C)c1. The second-order valence-corrected chi connectivity index (χ2v) is 8.93. The summed E-state index contributed by atoms with van der Waals surface area (Å²) in [6.45, 7) is 9.61. The molecule has 1 amide bonds. The van der Waals surface area contributed by atoms with Crippen LogP contribution in [0.2, 0.25) is 0 Å². The van der Waals surface area contributed by atoms with Crippen molar-refractivity contribution in [2.75, 3.05) is 26.4 Å². The highest BCUT2D eigenvalue weighted by atomic mass is 31.2. The maximum atomic E-state index is 11.9. The summed E-state index contributed by atoms with van der Waals surface area (Å²) in [6, 6.07) is 3.62. The molecule has 0 aromatic heterocycles. The van der Waals surface area contributed by atoms with E-state index in [0.29, 0.717) is 25.3 Å². The van der Waals surface area contributed by atoms with Crippen LogP contribution in [-0.4, -0.2) is 38.4 Å². The smallest absolute Gasteiger partial charge is 0.407 e. The predicted molar refractivity (Wildman–Crippen MR) is 118 cm³/mol. The summed E-state index contributed by atoms with van der Waals surface area (Å²) in [7, 11) is -3.90. The Morgan fingerprint density at radius 2 is 1.75 bits per heavy atom. The molecule has 0 saturated heterocycles. The fraction of sp³-hybridized carbons (Fsp3) is 0.591. The van der Waals surface area contributed by atoms with Crippen LogP contribution in [0.15, 0.2) is 12.1 Å². The van der Waals surface area contributed by atoms with Crippen molar-refractivity contribution < 1.29 is 37.8 Å². The Balaban J connectivity index is 2.29. The highest BCUT2D eigenvalue weighted by Crippen LogP contribution is 2.33. The summed E-state index contributed by atoms with van der Waals surface area (Å²) >= 11 is 0. The zero-order valence-corrected chi connectivity index (χ0v) is 20.0. The van der Waals surface area contributed by atoms with E-state index in [0.717, 1.165) is 42.4 Å². The van der Waals surface area contributed by atoms with Gasteiger partial charge in [0.05, 0.1) is 6.61 Å². The van der Waals surface area contributed by atoms with Crippen LogP contribution in [0, 0.1) is 20.5 Å². The number of alkyl carbamates (subject to hydrolysis) is 1. The van der Waals surface area contributed by atoms with E-state index in [4.69, 9.17) is 14.2 Å². The van der Waals surface area contributed by atoms with Gasteiger partial charge in [-0.3, -0.25) is 4.57 Å². The maximum absolute atomic E-state index is 11.9. The third-order valence-corrected chi connectivity index (χ3v) is 4.88. The Morgan fingerprint density at radius 1 is 1.09 bits per heavy atom. The van der Waals surface area contributed by atoms with E-state index in [1.54, 1.807) is 0 Å². The number of ether oxygens (including phenoxy) is 3. The van der Waals surface area contributed by atoms with Crippen LogP contribution < -0.4 is 14.9 Å². The first-order valence-corrected chi connectivity index (χ1v) is 12.4. The van der Waals surface area contributed by atoms with Gasteiger partial charge in [0, 0.05) is 13.2 Å². The molecule has 0 aliphatic heterocycles. The van der Waals surface area contributed by atoms with Crippen molar-refractivity contribution in [3.05, 3.63) is 35.5 Å². The molecule has 10 heteroatoms. The van der Waals surface area contributed by atoms with Crippen molar-refractivity contribution in [1.29, 1.82) is 0 Å². The van der Waals surface area contributed by atoms with Crippen LogP contribution in [-0.2, 0) is 30.0 Å². The molecule has 0 aliphatic rings. The van der Waals surface area contributed by atoms with E-state index in [1.807, 2.05) is 32.9 Å². The number of esters is 1. The Morgan fingerprint density at radius 3 is 2.38 bits per heavy atom. The van der Waals surface area contributed by atoms with Crippen LogP contribution in [0.5, 0.6) is 5.75 Å². The van der Waals surface area contributed by atoms with E-state index < -0.39 is 19.7 Å². The monoisotopic (exact) mass is 471 g/mol. The Bertz CT molecular complexity index is 754. The van der Waals surface area contributed by atoms with Gasteiger partial charge < -0.3 is 28.9 Å². The molecule has 0 aliphatic carbocycles. The van der Waals surface area contributed by atoms with Gasteiger partial charge in [-0.2, -0.15) is 0 Å². The molecule has 32 heavy (non-hydrogen) atoms. The Kier molecular flexibility index (Phi) is 13.0. The highest BCUT2D eigenvalue weighted by Gasteiger charge is 2.13. The van der Waals surface area contributed by atoms with Gasteiger partial charge in [0.25, 0.3) is 0 Å². The standard InChI is InChI=1S/C22H34NO8P/c1-5-11-28-16-20(24)31-21-17(2)13-19(14-18(21)3)15-29-22(25)23-10-8-6-7-9-12-30-32(4,26)27/h13-14H,4-12,15-16H2,1-3H3,(H-,23,25,26,27). The van der Waals surface area contributed by atoms with Gasteiger partial charge in [0.2, 0.25) is 0 Å². The second kappa shape index (κ2) is 14.9. The molecule has 0 saturated carbocycles. The molecule has 1 unspecified atom stereocenters. The zero-order chi connectivity index (χ0) is 24.0. The molecule has 0 radical (unpaired) electrons. The third-order valence-electron chi connectivity index (χ3n) is 4.30. The van der Waals surface area contributed by atoms with Crippen LogP contribution in [0.1, 0.15) is 55.7 Å². The molecular weight excluding hydrogens is 437 g/mol. The Hall–Kier alpha value is -2.06. The number of hydrogen-bond donors (Lipinski definition) is 1. The molecule has 0 fully saturated rings. The predicted octanol–water partition coefficient (Wildman–Crippen LogP) is 3.78. The van der Waals surface area contributed by atoms with Crippen molar-refractivity contribution >= 4 is 19.7 Å². The highest BCUT2D eigenvalue weighted by molar-refractivity contribution is 7.52. The summed E-state index contributed by atoms with van der Waals surface area (Å²) in [4.78, 5) is 34.5. The fourth-order valence-corrected chi connectivity index (χ4v) is 3.31. The molecular formula is C22H34NO8P. The quantitative estimate of drug-likeness (QED) is 0.135.